The molecule has 1 saturated heterocycles. The van der Waals surface area contributed by atoms with Gasteiger partial charge in [-0.2, -0.15) is 0 Å². The van der Waals surface area contributed by atoms with Crippen LogP contribution >= 0.6 is 0 Å². The molecule has 146 valence electrons. The van der Waals surface area contributed by atoms with E-state index in [4.69, 9.17) is 4.74 Å². The van der Waals surface area contributed by atoms with Gasteiger partial charge in [0.2, 0.25) is 5.91 Å². The predicted octanol–water partition coefficient (Wildman–Crippen LogP) is 3.55. The van der Waals surface area contributed by atoms with Gasteiger partial charge < -0.3 is 14.5 Å². The van der Waals surface area contributed by atoms with E-state index in [0.29, 0.717) is 23.7 Å². The molecule has 0 spiro atoms. The first kappa shape index (κ1) is 17.5. The maximum absolute atomic E-state index is 13.4. The third kappa shape index (κ3) is 3.26. The van der Waals surface area contributed by atoms with Gasteiger partial charge in [0, 0.05) is 38.3 Å². The second-order valence-electron chi connectivity index (χ2n) is 9.38. The molecular weight excluding hydrogens is 336 g/mol. The summed E-state index contributed by atoms with van der Waals surface area (Å²) in [5.41, 5.74) is 2.53. The molecule has 4 heteroatoms. The Kier molecular flexibility index (Phi) is 4.63. The van der Waals surface area contributed by atoms with Gasteiger partial charge in [-0.1, -0.05) is 18.2 Å². The second-order valence-corrected chi connectivity index (χ2v) is 9.38. The van der Waals surface area contributed by atoms with Gasteiger partial charge in [0.15, 0.2) is 0 Å². The molecule has 1 amide bonds. The summed E-state index contributed by atoms with van der Waals surface area (Å²) in [7, 11) is 2.02. The quantitative estimate of drug-likeness (QED) is 0.815. The fraction of sp³-hybridized carbons (Fsp3) is 0.696. The van der Waals surface area contributed by atoms with Crippen LogP contribution in [0.25, 0.3) is 0 Å². The number of carbonyl (C=O) groups is 1. The zero-order valence-electron chi connectivity index (χ0n) is 16.5. The number of hydrogen-bond acceptors (Lipinski definition) is 3. The van der Waals surface area contributed by atoms with Crippen LogP contribution in [-0.4, -0.2) is 44.2 Å². The van der Waals surface area contributed by atoms with Crippen LogP contribution in [0.15, 0.2) is 24.3 Å². The van der Waals surface area contributed by atoms with Gasteiger partial charge in [-0.3, -0.25) is 4.79 Å². The fourth-order valence-electron chi connectivity index (χ4n) is 6.67. The molecule has 6 rings (SSSR count). The molecule has 27 heavy (non-hydrogen) atoms. The average molecular weight is 369 g/mol. The number of anilines is 1. The highest BCUT2D eigenvalue weighted by Gasteiger charge is 2.51. The summed E-state index contributed by atoms with van der Waals surface area (Å²) in [5, 5.41) is 0. The first-order valence-corrected chi connectivity index (χ1v) is 10.8. The standard InChI is InChI=1S/C23H32N2O2/c1-24(15-18-4-2-3-5-21(18)25-6-8-27-9-7-25)23(26)22-19-11-16-10-17(13-19)14-20(22)12-16/h2-5,16-17,19-20,22H,6-15H2,1H3. The number of para-hydroxylation sites is 1. The van der Waals surface area contributed by atoms with Crippen molar-refractivity contribution in [2.24, 2.45) is 29.6 Å². The number of carbonyl (C=O) groups excluding carboxylic acids is 1. The van der Waals surface area contributed by atoms with Crippen molar-refractivity contribution in [3.05, 3.63) is 29.8 Å². The highest BCUT2D eigenvalue weighted by molar-refractivity contribution is 5.80. The molecule has 5 fully saturated rings. The Balaban J connectivity index is 1.31. The predicted molar refractivity (Wildman–Crippen MR) is 106 cm³/mol. The smallest absolute Gasteiger partial charge is 0.226 e. The maximum atomic E-state index is 13.4. The first-order valence-electron chi connectivity index (χ1n) is 10.8. The number of hydrogen-bond donors (Lipinski definition) is 0. The lowest BCUT2D eigenvalue weighted by atomic mass is 9.51. The minimum atomic E-state index is 0.290. The molecule has 1 aromatic carbocycles. The lowest BCUT2D eigenvalue weighted by Crippen LogP contribution is -2.51. The zero-order valence-corrected chi connectivity index (χ0v) is 16.5. The number of nitrogens with zero attached hydrogens (tertiary/aromatic N) is 2. The molecule has 0 atom stereocenters. The van der Waals surface area contributed by atoms with Crippen LogP contribution < -0.4 is 4.90 Å². The normalized spacial score (nSPS) is 34.7. The SMILES string of the molecule is CN(Cc1ccccc1N1CCOCC1)C(=O)C1C2CC3CC(C2)CC1C3. The minimum absolute atomic E-state index is 0.290. The molecule has 4 aliphatic carbocycles. The summed E-state index contributed by atoms with van der Waals surface area (Å²) in [5.74, 6) is 3.85. The van der Waals surface area contributed by atoms with Crippen molar-refractivity contribution >= 4 is 11.6 Å². The van der Waals surface area contributed by atoms with E-state index < -0.39 is 0 Å². The molecule has 1 aliphatic heterocycles. The number of benzene rings is 1. The second kappa shape index (κ2) is 7.12. The molecule has 5 aliphatic rings. The summed E-state index contributed by atoms with van der Waals surface area (Å²) < 4.78 is 5.51. The van der Waals surface area contributed by atoms with Crippen molar-refractivity contribution < 1.29 is 9.53 Å². The van der Waals surface area contributed by atoms with Gasteiger partial charge in [0.05, 0.1) is 13.2 Å². The Morgan fingerprint density at radius 3 is 2.33 bits per heavy atom. The largest absolute Gasteiger partial charge is 0.378 e. The summed E-state index contributed by atoms with van der Waals surface area (Å²) in [6.07, 6.45) is 6.67. The van der Waals surface area contributed by atoms with E-state index in [-0.39, 0.29) is 0 Å². The van der Waals surface area contributed by atoms with Crippen LogP contribution in [0.4, 0.5) is 5.69 Å². The molecular formula is C23H32N2O2. The maximum Gasteiger partial charge on any atom is 0.226 e. The van der Waals surface area contributed by atoms with E-state index in [9.17, 15) is 4.79 Å². The average Bonchev–Trinajstić information content (AvgIpc) is 2.68. The summed E-state index contributed by atoms with van der Waals surface area (Å²) in [4.78, 5) is 17.8. The Morgan fingerprint density at radius 2 is 1.67 bits per heavy atom. The molecule has 4 saturated carbocycles. The Labute approximate surface area is 162 Å². The van der Waals surface area contributed by atoms with Gasteiger partial charge >= 0.3 is 0 Å². The third-order valence-corrected chi connectivity index (χ3v) is 7.64. The van der Waals surface area contributed by atoms with Crippen molar-refractivity contribution in [2.45, 2.75) is 38.6 Å². The molecule has 4 bridgehead atoms. The highest BCUT2D eigenvalue weighted by Crippen LogP contribution is 2.56. The Morgan fingerprint density at radius 1 is 1.04 bits per heavy atom. The Hall–Kier alpha value is -1.55. The van der Waals surface area contributed by atoms with Gasteiger partial charge in [0.1, 0.15) is 0 Å². The van der Waals surface area contributed by atoms with Gasteiger partial charge in [-0.05, 0) is 67.4 Å². The highest BCUT2D eigenvalue weighted by atomic mass is 16.5. The monoisotopic (exact) mass is 368 g/mol. The van der Waals surface area contributed by atoms with Crippen molar-refractivity contribution in [2.75, 3.05) is 38.3 Å². The third-order valence-electron chi connectivity index (χ3n) is 7.64. The van der Waals surface area contributed by atoms with Crippen molar-refractivity contribution in [3.8, 4) is 0 Å². The van der Waals surface area contributed by atoms with Crippen LogP contribution in [-0.2, 0) is 16.1 Å². The van der Waals surface area contributed by atoms with Crippen LogP contribution in [0.5, 0.6) is 0 Å². The molecule has 4 nitrogen and oxygen atoms in total. The van der Waals surface area contributed by atoms with Crippen LogP contribution in [0.2, 0.25) is 0 Å². The van der Waals surface area contributed by atoms with E-state index in [0.717, 1.165) is 44.7 Å². The van der Waals surface area contributed by atoms with E-state index in [1.807, 2.05) is 11.9 Å². The number of rotatable bonds is 4. The van der Waals surface area contributed by atoms with E-state index >= 15 is 0 Å². The van der Waals surface area contributed by atoms with Gasteiger partial charge in [-0.25, -0.2) is 0 Å². The van der Waals surface area contributed by atoms with Crippen LogP contribution in [0, 0.1) is 29.6 Å². The lowest BCUT2D eigenvalue weighted by Gasteiger charge is -2.54. The summed E-state index contributed by atoms with van der Waals surface area (Å²) >= 11 is 0. The number of amides is 1. The molecule has 1 aromatic rings. The van der Waals surface area contributed by atoms with Crippen molar-refractivity contribution in [3.63, 3.8) is 0 Å². The molecule has 0 unspecified atom stereocenters. The number of morpholine rings is 1. The lowest BCUT2D eigenvalue weighted by molar-refractivity contribution is -0.148. The van der Waals surface area contributed by atoms with Gasteiger partial charge in [-0.15, -0.1) is 0 Å². The Bertz CT molecular complexity index is 669. The van der Waals surface area contributed by atoms with E-state index in [1.54, 1.807) is 0 Å². The molecule has 0 aromatic heterocycles. The van der Waals surface area contributed by atoms with Crippen LogP contribution in [0.3, 0.4) is 0 Å². The summed E-state index contributed by atoms with van der Waals surface area (Å²) in [6, 6.07) is 8.59. The molecule has 1 heterocycles. The van der Waals surface area contributed by atoms with E-state index in [2.05, 4.69) is 29.2 Å². The molecule has 0 N–H and O–H groups in total. The first-order chi connectivity index (χ1) is 13.2. The van der Waals surface area contributed by atoms with Crippen molar-refractivity contribution in [1.82, 2.24) is 4.90 Å². The number of ether oxygens (including phenoxy) is 1. The van der Waals surface area contributed by atoms with Gasteiger partial charge in [0.25, 0.3) is 0 Å². The zero-order chi connectivity index (χ0) is 18.4. The molecule has 0 radical (unpaired) electrons. The topological polar surface area (TPSA) is 32.8 Å². The fourth-order valence-corrected chi connectivity index (χ4v) is 6.67. The van der Waals surface area contributed by atoms with E-state index in [1.165, 1.54) is 43.4 Å². The minimum Gasteiger partial charge on any atom is -0.378 e. The van der Waals surface area contributed by atoms with Crippen LogP contribution in [0.1, 0.15) is 37.7 Å². The van der Waals surface area contributed by atoms with Crippen molar-refractivity contribution in [1.29, 1.82) is 0 Å². The summed E-state index contributed by atoms with van der Waals surface area (Å²) in [6.45, 7) is 4.16.